The number of thiophene rings is 1. The van der Waals surface area contributed by atoms with Crippen LogP contribution >= 0.6 is 27.3 Å². The molecule has 0 radical (unpaired) electrons. The topological polar surface area (TPSA) is 43.1 Å². The van der Waals surface area contributed by atoms with E-state index in [1.807, 2.05) is 19.1 Å². The minimum absolute atomic E-state index is 0.656. The predicted octanol–water partition coefficient (Wildman–Crippen LogP) is 3.18. The second-order valence-corrected chi connectivity index (χ2v) is 5.99. The SMILES string of the molecule is CCc1nc2nccc(-c3ccc(Br)s3)n2n1. The van der Waals surface area contributed by atoms with Crippen LogP contribution in [0, 0.1) is 0 Å². The van der Waals surface area contributed by atoms with Crippen molar-refractivity contribution in [3.8, 4) is 10.6 Å². The van der Waals surface area contributed by atoms with E-state index in [-0.39, 0.29) is 0 Å². The van der Waals surface area contributed by atoms with Gasteiger partial charge >= 0.3 is 0 Å². The fourth-order valence-electron chi connectivity index (χ4n) is 1.62. The molecule has 3 aromatic rings. The summed E-state index contributed by atoms with van der Waals surface area (Å²) in [6.07, 6.45) is 2.59. The van der Waals surface area contributed by atoms with E-state index in [9.17, 15) is 0 Å². The van der Waals surface area contributed by atoms with Gasteiger partial charge in [-0.05, 0) is 34.1 Å². The Kier molecular flexibility index (Phi) is 2.68. The number of halogens is 1. The number of fused-ring (bicyclic) bond motifs is 1. The van der Waals surface area contributed by atoms with Gasteiger partial charge in [-0.3, -0.25) is 0 Å². The van der Waals surface area contributed by atoms with Crippen LogP contribution in [0.4, 0.5) is 0 Å². The van der Waals surface area contributed by atoms with E-state index in [0.29, 0.717) is 5.78 Å². The zero-order chi connectivity index (χ0) is 11.8. The highest BCUT2D eigenvalue weighted by molar-refractivity contribution is 9.11. The normalized spacial score (nSPS) is 11.2. The van der Waals surface area contributed by atoms with Crippen molar-refractivity contribution in [2.45, 2.75) is 13.3 Å². The summed E-state index contributed by atoms with van der Waals surface area (Å²) in [5.41, 5.74) is 1.03. The summed E-state index contributed by atoms with van der Waals surface area (Å²) in [6, 6.07) is 6.06. The molecule has 0 aromatic carbocycles. The first-order valence-electron chi connectivity index (χ1n) is 5.24. The maximum atomic E-state index is 4.45. The third kappa shape index (κ3) is 1.87. The Balaban J connectivity index is 2.25. The quantitative estimate of drug-likeness (QED) is 0.730. The van der Waals surface area contributed by atoms with E-state index in [1.165, 1.54) is 0 Å². The summed E-state index contributed by atoms with van der Waals surface area (Å²) in [4.78, 5) is 9.73. The lowest BCUT2D eigenvalue weighted by Gasteiger charge is -1.99. The Bertz CT molecular complexity index is 673. The Morgan fingerprint density at radius 3 is 2.94 bits per heavy atom. The molecule has 4 nitrogen and oxygen atoms in total. The summed E-state index contributed by atoms with van der Waals surface area (Å²) in [7, 11) is 0. The molecule has 0 aliphatic carbocycles. The van der Waals surface area contributed by atoms with Crippen molar-refractivity contribution >= 4 is 33.0 Å². The number of aryl methyl sites for hydroxylation is 1. The van der Waals surface area contributed by atoms with E-state index in [2.05, 4.69) is 37.1 Å². The van der Waals surface area contributed by atoms with Crippen LogP contribution in [0.3, 0.4) is 0 Å². The first-order valence-corrected chi connectivity index (χ1v) is 6.85. The fourth-order valence-corrected chi connectivity index (χ4v) is 3.02. The maximum Gasteiger partial charge on any atom is 0.252 e. The number of hydrogen-bond donors (Lipinski definition) is 0. The smallest absolute Gasteiger partial charge is 0.220 e. The van der Waals surface area contributed by atoms with Crippen molar-refractivity contribution in [2.75, 3.05) is 0 Å². The standard InChI is InChI=1S/C11H9BrN4S/c1-2-10-14-11-13-6-5-7(16(11)15-10)8-3-4-9(12)17-8/h3-6H,2H2,1H3. The highest BCUT2D eigenvalue weighted by Crippen LogP contribution is 2.30. The van der Waals surface area contributed by atoms with Crippen LogP contribution in [0.15, 0.2) is 28.2 Å². The highest BCUT2D eigenvalue weighted by atomic mass is 79.9. The van der Waals surface area contributed by atoms with Crippen LogP contribution in [-0.4, -0.2) is 19.6 Å². The largest absolute Gasteiger partial charge is 0.252 e. The number of hydrogen-bond acceptors (Lipinski definition) is 4. The maximum absolute atomic E-state index is 4.45. The van der Waals surface area contributed by atoms with E-state index >= 15 is 0 Å². The van der Waals surface area contributed by atoms with Crippen molar-refractivity contribution in [1.29, 1.82) is 0 Å². The fraction of sp³-hybridized carbons (Fsp3) is 0.182. The third-order valence-corrected chi connectivity index (χ3v) is 4.07. The lowest BCUT2D eigenvalue weighted by Crippen LogP contribution is -1.94. The molecule has 0 N–H and O–H groups in total. The van der Waals surface area contributed by atoms with Crippen molar-refractivity contribution in [1.82, 2.24) is 19.6 Å². The van der Waals surface area contributed by atoms with Crippen LogP contribution in [0.25, 0.3) is 16.3 Å². The molecule has 6 heteroatoms. The number of aromatic nitrogens is 4. The molecule has 0 spiro atoms. The molecule has 0 saturated carbocycles. The molecule has 0 unspecified atom stereocenters. The summed E-state index contributed by atoms with van der Waals surface area (Å²) in [6.45, 7) is 2.04. The molecule has 86 valence electrons. The number of rotatable bonds is 2. The Labute approximate surface area is 110 Å². The number of nitrogens with zero attached hydrogens (tertiary/aromatic N) is 4. The molecule has 3 aromatic heterocycles. The van der Waals surface area contributed by atoms with Gasteiger partial charge in [0.25, 0.3) is 5.78 Å². The minimum atomic E-state index is 0.656. The van der Waals surface area contributed by atoms with Crippen LogP contribution in [0.1, 0.15) is 12.7 Å². The molecule has 0 saturated heterocycles. The predicted molar refractivity (Wildman–Crippen MR) is 71.2 cm³/mol. The summed E-state index contributed by atoms with van der Waals surface area (Å²) in [5, 5.41) is 4.45. The molecule has 0 amide bonds. The van der Waals surface area contributed by atoms with Crippen LogP contribution in [0.5, 0.6) is 0 Å². The molecular formula is C11H9BrN4S. The van der Waals surface area contributed by atoms with E-state index in [0.717, 1.165) is 26.6 Å². The van der Waals surface area contributed by atoms with Crippen LogP contribution in [-0.2, 0) is 6.42 Å². The average molecular weight is 309 g/mol. The van der Waals surface area contributed by atoms with Crippen molar-refractivity contribution in [2.24, 2.45) is 0 Å². The molecule has 0 aliphatic rings. The molecule has 0 fully saturated rings. The molecule has 3 rings (SSSR count). The first-order chi connectivity index (χ1) is 8.28. The van der Waals surface area contributed by atoms with Gasteiger partial charge in [-0.1, -0.05) is 6.92 Å². The van der Waals surface area contributed by atoms with Crippen LogP contribution in [0.2, 0.25) is 0 Å². The van der Waals surface area contributed by atoms with Gasteiger partial charge in [-0.2, -0.15) is 9.50 Å². The lowest BCUT2D eigenvalue weighted by molar-refractivity contribution is 0.886. The van der Waals surface area contributed by atoms with Crippen molar-refractivity contribution in [3.05, 3.63) is 34.0 Å². The molecule has 0 bridgehead atoms. The molecular weight excluding hydrogens is 300 g/mol. The average Bonchev–Trinajstić information content (AvgIpc) is 2.93. The van der Waals surface area contributed by atoms with Gasteiger partial charge < -0.3 is 0 Å². The van der Waals surface area contributed by atoms with Gasteiger partial charge in [0, 0.05) is 12.6 Å². The zero-order valence-electron chi connectivity index (χ0n) is 9.09. The van der Waals surface area contributed by atoms with Crippen molar-refractivity contribution < 1.29 is 0 Å². The minimum Gasteiger partial charge on any atom is -0.220 e. The van der Waals surface area contributed by atoms with Crippen molar-refractivity contribution in [3.63, 3.8) is 0 Å². The Hall–Kier alpha value is -1.27. The molecule has 0 aliphatic heterocycles. The third-order valence-electron chi connectivity index (χ3n) is 2.43. The zero-order valence-corrected chi connectivity index (χ0v) is 11.5. The molecule has 0 atom stereocenters. The van der Waals surface area contributed by atoms with Gasteiger partial charge in [0.1, 0.15) is 0 Å². The van der Waals surface area contributed by atoms with Gasteiger partial charge in [-0.15, -0.1) is 16.4 Å². The van der Waals surface area contributed by atoms with Gasteiger partial charge in [0.15, 0.2) is 5.82 Å². The Morgan fingerprint density at radius 1 is 1.35 bits per heavy atom. The second kappa shape index (κ2) is 4.19. The first kappa shape index (κ1) is 10.9. The van der Waals surface area contributed by atoms with Gasteiger partial charge in [-0.25, -0.2) is 4.98 Å². The molecule has 3 heterocycles. The summed E-state index contributed by atoms with van der Waals surface area (Å²) >= 11 is 5.14. The highest BCUT2D eigenvalue weighted by Gasteiger charge is 2.10. The van der Waals surface area contributed by atoms with E-state index in [4.69, 9.17) is 0 Å². The monoisotopic (exact) mass is 308 g/mol. The van der Waals surface area contributed by atoms with E-state index < -0.39 is 0 Å². The van der Waals surface area contributed by atoms with Gasteiger partial charge in [0.2, 0.25) is 0 Å². The Morgan fingerprint density at radius 2 is 2.24 bits per heavy atom. The lowest BCUT2D eigenvalue weighted by atomic mass is 10.3. The molecule has 17 heavy (non-hydrogen) atoms. The summed E-state index contributed by atoms with van der Waals surface area (Å²) < 4.78 is 2.91. The van der Waals surface area contributed by atoms with Gasteiger partial charge in [0.05, 0.1) is 14.4 Å². The van der Waals surface area contributed by atoms with E-state index in [1.54, 1.807) is 22.0 Å². The summed E-state index contributed by atoms with van der Waals surface area (Å²) in [5.74, 6) is 1.48. The van der Waals surface area contributed by atoms with Crippen LogP contribution < -0.4 is 0 Å². The second-order valence-electron chi connectivity index (χ2n) is 3.53.